The van der Waals surface area contributed by atoms with Crippen molar-refractivity contribution < 1.29 is 4.79 Å². The highest BCUT2D eigenvalue weighted by atomic mass is 79.9. The lowest BCUT2D eigenvalue weighted by atomic mass is 10.1. The molecule has 0 unspecified atom stereocenters. The quantitative estimate of drug-likeness (QED) is 0.845. The topological polar surface area (TPSA) is 33.2 Å². The van der Waals surface area contributed by atoms with Crippen molar-refractivity contribution in [3.05, 3.63) is 58.2 Å². The highest BCUT2D eigenvalue weighted by molar-refractivity contribution is 9.10. The van der Waals surface area contributed by atoms with Crippen LogP contribution in [0.1, 0.15) is 29.3 Å². The molecule has 1 aromatic carbocycles. The van der Waals surface area contributed by atoms with E-state index < -0.39 is 0 Å². The van der Waals surface area contributed by atoms with Gasteiger partial charge in [0.2, 0.25) is 0 Å². The first kappa shape index (κ1) is 14.7. The van der Waals surface area contributed by atoms with Crippen molar-refractivity contribution in [2.75, 3.05) is 11.9 Å². The molecule has 104 valence electrons. The molecule has 0 N–H and O–H groups in total. The Morgan fingerprint density at radius 2 is 1.90 bits per heavy atom. The first-order chi connectivity index (χ1) is 9.61. The van der Waals surface area contributed by atoms with Gasteiger partial charge in [0.1, 0.15) is 5.82 Å². The van der Waals surface area contributed by atoms with Crippen LogP contribution in [0.15, 0.2) is 47.1 Å². The van der Waals surface area contributed by atoms with Gasteiger partial charge in [-0.15, -0.1) is 0 Å². The zero-order chi connectivity index (χ0) is 14.5. The van der Waals surface area contributed by atoms with Gasteiger partial charge in [0.15, 0.2) is 0 Å². The number of carbonyl (C=O) groups excluding carboxylic acids is 1. The standard InChI is InChI=1S/C16H17BrN2O/c1-3-4-12-5-7-13(8-6-12)16(20)19(2)15-10-9-14(17)11-18-15/h5-11H,3-4H2,1-2H3. The van der Waals surface area contributed by atoms with Crippen LogP contribution >= 0.6 is 15.9 Å². The van der Waals surface area contributed by atoms with E-state index in [1.807, 2.05) is 36.4 Å². The lowest BCUT2D eigenvalue weighted by molar-refractivity contribution is 0.0992. The summed E-state index contributed by atoms with van der Waals surface area (Å²) in [7, 11) is 1.73. The molecule has 0 saturated carbocycles. The first-order valence-corrected chi connectivity index (χ1v) is 7.39. The number of amides is 1. The van der Waals surface area contributed by atoms with Crippen molar-refractivity contribution in [3.8, 4) is 0 Å². The number of carbonyl (C=O) groups is 1. The van der Waals surface area contributed by atoms with Crippen molar-refractivity contribution in [2.24, 2.45) is 0 Å². The fourth-order valence-corrected chi connectivity index (χ4v) is 2.20. The number of nitrogens with zero attached hydrogens (tertiary/aromatic N) is 2. The third kappa shape index (κ3) is 3.45. The van der Waals surface area contributed by atoms with Crippen LogP contribution in [0.4, 0.5) is 5.82 Å². The summed E-state index contributed by atoms with van der Waals surface area (Å²) in [5, 5.41) is 0. The van der Waals surface area contributed by atoms with E-state index in [0.717, 1.165) is 17.3 Å². The lowest BCUT2D eigenvalue weighted by Crippen LogP contribution is -2.26. The number of rotatable bonds is 4. The number of halogens is 1. The zero-order valence-corrected chi connectivity index (χ0v) is 13.2. The third-order valence-corrected chi connectivity index (χ3v) is 3.57. The highest BCUT2D eigenvalue weighted by Gasteiger charge is 2.14. The molecular formula is C16H17BrN2O. The summed E-state index contributed by atoms with van der Waals surface area (Å²) < 4.78 is 0.894. The molecule has 1 heterocycles. The first-order valence-electron chi connectivity index (χ1n) is 6.60. The number of pyridine rings is 1. The van der Waals surface area contributed by atoms with Crippen molar-refractivity contribution in [1.82, 2.24) is 4.98 Å². The molecule has 20 heavy (non-hydrogen) atoms. The molecule has 1 amide bonds. The van der Waals surface area contributed by atoms with Crippen LogP contribution in [0.3, 0.4) is 0 Å². The highest BCUT2D eigenvalue weighted by Crippen LogP contribution is 2.16. The molecule has 0 fully saturated rings. The minimum Gasteiger partial charge on any atom is -0.296 e. The molecule has 2 aromatic rings. The maximum absolute atomic E-state index is 12.4. The van der Waals surface area contributed by atoms with Gasteiger partial charge in [-0.1, -0.05) is 25.5 Å². The average Bonchev–Trinajstić information content (AvgIpc) is 2.48. The number of aromatic nitrogens is 1. The van der Waals surface area contributed by atoms with Crippen LogP contribution in [0.2, 0.25) is 0 Å². The lowest BCUT2D eigenvalue weighted by Gasteiger charge is -2.16. The molecule has 0 aliphatic heterocycles. The van der Waals surface area contributed by atoms with Gasteiger partial charge < -0.3 is 0 Å². The zero-order valence-electron chi connectivity index (χ0n) is 11.6. The summed E-state index contributed by atoms with van der Waals surface area (Å²) >= 11 is 3.33. The van der Waals surface area contributed by atoms with E-state index >= 15 is 0 Å². The second kappa shape index (κ2) is 6.66. The molecule has 2 rings (SSSR count). The summed E-state index contributed by atoms with van der Waals surface area (Å²) in [5.41, 5.74) is 1.94. The van der Waals surface area contributed by atoms with Crippen LogP contribution in [-0.4, -0.2) is 17.9 Å². The number of benzene rings is 1. The van der Waals surface area contributed by atoms with Crippen LogP contribution in [0, 0.1) is 0 Å². The van der Waals surface area contributed by atoms with Crippen molar-refractivity contribution in [2.45, 2.75) is 19.8 Å². The summed E-state index contributed by atoms with van der Waals surface area (Å²) in [4.78, 5) is 18.2. The van der Waals surface area contributed by atoms with Crippen LogP contribution < -0.4 is 4.90 Å². The minimum atomic E-state index is -0.0529. The Labute approximate surface area is 127 Å². The van der Waals surface area contributed by atoms with Gasteiger partial charge in [-0.05, 0) is 52.2 Å². The SMILES string of the molecule is CCCc1ccc(C(=O)N(C)c2ccc(Br)cn2)cc1. The maximum Gasteiger partial charge on any atom is 0.259 e. The maximum atomic E-state index is 12.4. The average molecular weight is 333 g/mol. The fourth-order valence-electron chi connectivity index (χ4n) is 1.97. The Hall–Kier alpha value is -1.68. The largest absolute Gasteiger partial charge is 0.296 e. The Balaban J connectivity index is 2.15. The predicted molar refractivity (Wildman–Crippen MR) is 85.1 cm³/mol. The van der Waals surface area contributed by atoms with Crippen LogP contribution in [0.25, 0.3) is 0 Å². The summed E-state index contributed by atoms with van der Waals surface area (Å²) in [6, 6.07) is 11.5. The van der Waals surface area contributed by atoms with E-state index in [9.17, 15) is 4.79 Å². The summed E-state index contributed by atoms with van der Waals surface area (Å²) in [6.07, 6.45) is 3.83. The second-order valence-corrected chi connectivity index (χ2v) is 5.56. The number of aryl methyl sites for hydroxylation is 1. The monoisotopic (exact) mass is 332 g/mol. The van der Waals surface area contributed by atoms with Crippen molar-refractivity contribution in [1.29, 1.82) is 0 Å². The molecule has 0 bridgehead atoms. The smallest absolute Gasteiger partial charge is 0.259 e. The molecule has 3 nitrogen and oxygen atoms in total. The molecule has 0 radical (unpaired) electrons. The molecule has 1 aromatic heterocycles. The van der Waals surface area contributed by atoms with Crippen molar-refractivity contribution in [3.63, 3.8) is 0 Å². The molecule has 0 saturated heterocycles. The number of hydrogen-bond acceptors (Lipinski definition) is 2. The van der Waals surface area contributed by atoms with Gasteiger partial charge in [0.25, 0.3) is 5.91 Å². The Bertz CT molecular complexity index is 578. The Morgan fingerprint density at radius 3 is 2.45 bits per heavy atom. The van der Waals surface area contributed by atoms with Crippen LogP contribution in [0.5, 0.6) is 0 Å². The molecule has 0 spiro atoms. The van der Waals surface area contributed by atoms with E-state index in [4.69, 9.17) is 0 Å². The minimum absolute atomic E-state index is 0.0529. The summed E-state index contributed by atoms with van der Waals surface area (Å²) in [5.74, 6) is 0.582. The van der Waals surface area contributed by atoms with E-state index in [-0.39, 0.29) is 5.91 Å². The van der Waals surface area contributed by atoms with Gasteiger partial charge in [-0.25, -0.2) is 4.98 Å². The van der Waals surface area contributed by atoms with Crippen molar-refractivity contribution >= 4 is 27.7 Å². The fraction of sp³-hybridized carbons (Fsp3) is 0.250. The summed E-state index contributed by atoms with van der Waals surface area (Å²) in [6.45, 7) is 2.14. The molecule has 4 heteroatoms. The normalized spacial score (nSPS) is 10.3. The Kier molecular flexibility index (Phi) is 4.90. The predicted octanol–water partition coefficient (Wildman–Crippen LogP) is 4.07. The molecule has 0 aliphatic carbocycles. The molecule has 0 atom stereocenters. The molecular weight excluding hydrogens is 316 g/mol. The van der Waals surface area contributed by atoms with Crippen LogP contribution in [-0.2, 0) is 6.42 Å². The van der Waals surface area contributed by atoms with E-state index in [0.29, 0.717) is 11.4 Å². The second-order valence-electron chi connectivity index (χ2n) is 4.65. The van der Waals surface area contributed by atoms with E-state index in [2.05, 4.69) is 27.8 Å². The van der Waals surface area contributed by atoms with E-state index in [1.54, 1.807) is 18.1 Å². The van der Waals surface area contributed by atoms with Gasteiger partial charge in [-0.3, -0.25) is 9.69 Å². The van der Waals surface area contributed by atoms with E-state index in [1.165, 1.54) is 5.56 Å². The number of hydrogen-bond donors (Lipinski definition) is 0. The third-order valence-electron chi connectivity index (χ3n) is 3.10. The van der Waals surface area contributed by atoms with Gasteiger partial charge in [0, 0.05) is 23.3 Å². The Morgan fingerprint density at radius 1 is 1.20 bits per heavy atom. The van der Waals surface area contributed by atoms with Gasteiger partial charge in [-0.2, -0.15) is 0 Å². The number of anilines is 1. The molecule has 0 aliphatic rings. The van der Waals surface area contributed by atoms with Gasteiger partial charge in [0.05, 0.1) is 0 Å². The van der Waals surface area contributed by atoms with Gasteiger partial charge >= 0.3 is 0 Å².